The van der Waals surface area contributed by atoms with Crippen molar-refractivity contribution in [3.05, 3.63) is 52.5 Å². The molecule has 0 bridgehead atoms. The van der Waals surface area contributed by atoms with Crippen LogP contribution in [0.15, 0.2) is 36.4 Å². The van der Waals surface area contributed by atoms with E-state index in [1.54, 1.807) is 24.3 Å². The van der Waals surface area contributed by atoms with Gasteiger partial charge in [0, 0.05) is 5.69 Å². The summed E-state index contributed by atoms with van der Waals surface area (Å²) in [5.74, 6) is -0.0444. The van der Waals surface area contributed by atoms with Gasteiger partial charge in [-0.3, -0.25) is 4.79 Å². The lowest BCUT2D eigenvalue weighted by Crippen LogP contribution is -2.31. The summed E-state index contributed by atoms with van der Waals surface area (Å²) in [5.41, 5.74) is 2.67. The zero-order chi connectivity index (χ0) is 20.0. The van der Waals surface area contributed by atoms with E-state index in [0.29, 0.717) is 22.2 Å². The molecule has 0 heterocycles. The van der Waals surface area contributed by atoms with Crippen molar-refractivity contribution >= 4 is 29.2 Å². The third kappa shape index (κ3) is 5.89. The summed E-state index contributed by atoms with van der Waals surface area (Å²) < 4.78 is 15.6. The Kier molecular flexibility index (Phi) is 7.07. The summed E-state index contributed by atoms with van der Waals surface area (Å²) in [6.45, 7) is 5.14. The highest BCUT2D eigenvalue weighted by molar-refractivity contribution is 6.32. The second-order valence-electron chi connectivity index (χ2n) is 6.01. The van der Waals surface area contributed by atoms with Crippen molar-refractivity contribution in [2.24, 2.45) is 0 Å². The molecule has 6 nitrogen and oxygen atoms in total. The molecule has 7 heteroatoms. The van der Waals surface area contributed by atoms with Crippen molar-refractivity contribution in [3.63, 3.8) is 0 Å². The van der Waals surface area contributed by atoms with Crippen LogP contribution in [0.25, 0.3) is 0 Å². The van der Waals surface area contributed by atoms with Crippen LogP contribution in [0, 0.1) is 13.8 Å². The number of anilines is 1. The molecule has 1 N–H and O–H groups in total. The van der Waals surface area contributed by atoms with Gasteiger partial charge in [-0.05, 0) is 62.2 Å². The Morgan fingerprint density at radius 1 is 1.11 bits per heavy atom. The third-order valence-corrected chi connectivity index (χ3v) is 4.23. The highest BCUT2D eigenvalue weighted by atomic mass is 35.5. The van der Waals surface area contributed by atoms with Crippen LogP contribution in [0.3, 0.4) is 0 Å². The van der Waals surface area contributed by atoms with E-state index in [4.69, 9.17) is 25.8 Å². The standard InChI is InChI=1S/C20H22ClNO5/c1-12-5-7-16(9-13(12)2)26-11-19(23)27-14(3)20(24)22-15-6-8-18(25-4)17(21)10-15/h5-10,14H,11H2,1-4H3,(H,22,24)/t14-/m0/s1. The fraction of sp³-hybridized carbons (Fsp3) is 0.300. The number of carbonyl (C=O) groups excluding carboxylic acids is 2. The molecular formula is C20H22ClNO5. The topological polar surface area (TPSA) is 73.9 Å². The van der Waals surface area contributed by atoms with Crippen LogP contribution in [0.1, 0.15) is 18.1 Å². The summed E-state index contributed by atoms with van der Waals surface area (Å²) in [6, 6.07) is 10.3. The largest absolute Gasteiger partial charge is 0.495 e. The maximum Gasteiger partial charge on any atom is 0.344 e. The number of amides is 1. The van der Waals surface area contributed by atoms with Crippen LogP contribution in [0.5, 0.6) is 11.5 Å². The van der Waals surface area contributed by atoms with Gasteiger partial charge >= 0.3 is 5.97 Å². The fourth-order valence-corrected chi connectivity index (χ4v) is 2.48. The van der Waals surface area contributed by atoms with Gasteiger partial charge < -0.3 is 19.5 Å². The maximum atomic E-state index is 12.2. The Balaban J connectivity index is 1.85. The van der Waals surface area contributed by atoms with E-state index in [0.717, 1.165) is 11.1 Å². The van der Waals surface area contributed by atoms with Crippen molar-refractivity contribution in [3.8, 4) is 11.5 Å². The van der Waals surface area contributed by atoms with Crippen molar-refractivity contribution in [1.82, 2.24) is 0 Å². The Bertz CT molecular complexity index is 837. The Morgan fingerprint density at radius 2 is 1.85 bits per heavy atom. The van der Waals surface area contributed by atoms with E-state index >= 15 is 0 Å². The SMILES string of the molecule is COc1ccc(NC(=O)[C@H](C)OC(=O)COc2ccc(C)c(C)c2)cc1Cl. The molecule has 0 spiro atoms. The van der Waals surface area contributed by atoms with E-state index < -0.39 is 18.0 Å². The predicted octanol–water partition coefficient (Wildman–Crippen LogP) is 3.91. The summed E-state index contributed by atoms with van der Waals surface area (Å²) in [7, 11) is 1.50. The van der Waals surface area contributed by atoms with E-state index in [1.165, 1.54) is 14.0 Å². The number of methoxy groups -OCH3 is 1. The molecule has 2 aromatic rings. The molecule has 0 saturated carbocycles. The van der Waals surface area contributed by atoms with Crippen molar-refractivity contribution in [2.75, 3.05) is 19.0 Å². The number of hydrogen-bond acceptors (Lipinski definition) is 5. The molecule has 2 rings (SSSR count). The lowest BCUT2D eigenvalue weighted by molar-refractivity contribution is -0.155. The first kappa shape index (κ1) is 20.6. The number of aryl methyl sites for hydroxylation is 2. The van der Waals surface area contributed by atoms with E-state index in [-0.39, 0.29) is 6.61 Å². The number of hydrogen-bond donors (Lipinski definition) is 1. The summed E-state index contributed by atoms with van der Waals surface area (Å²) >= 11 is 6.02. The summed E-state index contributed by atoms with van der Waals surface area (Å²) in [5, 5.41) is 2.99. The van der Waals surface area contributed by atoms with Gasteiger partial charge in [-0.1, -0.05) is 17.7 Å². The van der Waals surface area contributed by atoms with E-state index in [9.17, 15) is 9.59 Å². The predicted molar refractivity (Wildman–Crippen MR) is 104 cm³/mol. The number of carbonyl (C=O) groups is 2. The Hall–Kier alpha value is -2.73. The molecule has 0 aliphatic carbocycles. The zero-order valence-electron chi connectivity index (χ0n) is 15.7. The number of benzene rings is 2. The van der Waals surface area contributed by atoms with Gasteiger partial charge in [-0.25, -0.2) is 4.79 Å². The van der Waals surface area contributed by atoms with Crippen molar-refractivity contribution in [1.29, 1.82) is 0 Å². The van der Waals surface area contributed by atoms with Crippen LogP contribution in [0.2, 0.25) is 5.02 Å². The molecule has 0 saturated heterocycles. The molecule has 0 aromatic heterocycles. The second-order valence-corrected chi connectivity index (χ2v) is 6.41. The van der Waals surface area contributed by atoms with Gasteiger partial charge in [0.05, 0.1) is 12.1 Å². The molecule has 0 aliphatic heterocycles. The number of esters is 1. The van der Waals surface area contributed by atoms with Crippen LogP contribution < -0.4 is 14.8 Å². The van der Waals surface area contributed by atoms with Crippen LogP contribution >= 0.6 is 11.6 Å². The minimum absolute atomic E-state index is 0.283. The lowest BCUT2D eigenvalue weighted by atomic mass is 10.1. The molecule has 0 aliphatic rings. The van der Waals surface area contributed by atoms with E-state index in [2.05, 4.69) is 5.32 Å². The minimum Gasteiger partial charge on any atom is -0.495 e. The van der Waals surface area contributed by atoms with Crippen molar-refractivity contribution in [2.45, 2.75) is 26.9 Å². The average molecular weight is 392 g/mol. The van der Waals surface area contributed by atoms with Crippen LogP contribution in [-0.4, -0.2) is 31.7 Å². The summed E-state index contributed by atoms with van der Waals surface area (Å²) in [4.78, 5) is 24.1. The zero-order valence-corrected chi connectivity index (χ0v) is 16.4. The second kappa shape index (κ2) is 9.28. The molecular weight excluding hydrogens is 370 g/mol. The van der Waals surface area contributed by atoms with Crippen molar-refractivity contribution < 1.29 is 23.8 Å². The Labute approximate surface area is 163 Å². The monoisotopic (exact) mass is 391 g/mol. The molecule has 2 aromatic carbocycles. The molecule has 0 radical (unpaired) electrons. The van der Waals surface area contributed by atoms with Gasteiger partial charge in [0.15, 0.2) is 12.7 Å². The normalized spacial score (nSPS) is 11.4. The maximum absolute atomic E-state index is 12.2. The van der Waals surface area contributed by atoms with Gasteiger partial charge in [-0.15, -0.1) is 0 Å². The lowest BCUT2D eigenvalue weighted by Gasteiger charge is -2.14. The van der Waals surface area contributed by atoms with Crippen LogP contribution in [0.4, 0.5) is 5.69 Å². The third-order valence-electron chi connectivity index (χ3n) is 3.93. The first-order valence-electron chi connectivity index (χ1n) is 8.34. The molecule has 144 valence electrons. The number of rotatable bonds is 7. The fourth-order valence-electron chi connectivity index (χ4n) is 2.22. The summed E-state index contributed by atoms with van der Waals surface area (Å²) in [6.07, 6.45) is -0.985. The van der Waals surface area contributed by atoms with Gasteiger partial charge in [0.2, 0.25) is 0 Å². The first-order chi connectivity index (χ1) is 12.8. The van der Waals surface area contributed by atoms with Gasteiger partial charge in [0.1, 0.15) is 11.5 Å². The highest BCUT2D eigenvalue weighted by Crippen LogP contribution is 2.27. The smallest absolute Gasteiger partial charge is 0.344 e. The molecule has 0 fully saturated rings. The molecule has 1 atom stereocenters. The average Bonchev–Trinajstić information content (AvgIpc) is 2.62. The number of nitrogens with one attached hydrogen (secondary N) is 1. The number of ether oxygens (including phenoxy) is 3. The highest BCUT2D eigenvalue weighted by Gasteiger charge is 2.19. The van der Waals surface area contributed by atoms with Crippen LogP contribution in [-0.2, 0) is 14.3 Å². The first-order valence-corrected chi connectivity index (χ1v) is 8.72. The molecule has 0 unspecified atom stereocenters. The minimum atomic E-state index is -0.985. The molecule has 1 amide bonds. The van der Waals surface area contributed by atoms with Gasteiger partial charge in [-0.2, -0.15) is 0 Å². The Morgan fingerprint density at radius 3 is 2.48 bits per heavy atom. The molecule has 27 heavy (non-hydrogen) atoms. The number of halogens is 1. The van der Waals surface area contributed by atoms with Gasteiger partial charge in [0.25, 0.3) is 5.91 Å². The quantitative estimate of drug-likeness (QED) is 0.724. The van der Waals surface area contributed by atoms with E-state index in [1.807, 2.05) is 26.0 Å².